The highest BCUT2D eigenvalue weighted by Crippen LogP contribution is 2.28. The molecule has 100 valence electrons. The third kappa shape index (κ3) is 3.82. The van der Waals surface area contributed by atoms with Crippen molar-refractivity contribution < 1.29 is 4.74 Å². The highest BCUT2D eigenvalue weighted by atomic mass is 79.9. The van der Waals surface area contributed by atoms with E-state index in [1.54, 1.807) is 0 Å². The van der Waals surface area contributed by atoms with E-state index in [1.807, 2.05) is 50.2 Å². The number of rotatable bonds is 4. The zero-order chi connectivity index (χ0) is 13.8. The second-order valence-corrected chi connectivity index (χ2v) is 5.66. The van der Waals surface area contributed by atoms with Crippen molar-refractivity contribution in [1.82, 2.24) is 0 Å². The second-order valence-electron chi connectivity index (χ2n) is 4.80. The number of nitrogens with two attached hydrogens (primary N) is 1. The van der Waals surface area contributed by atoms with Crippen LogP contribution in [0.5, 0.6) is 11.5 Å². The summed E-state index contributed by atoms with van der Waals surface area (Å²) in [6, 6.07) is 14.1. The Morgan fingerprint density at radius 2 is 1.95 bits per heavy atom. The molecule has 2 nitrogen and oxygen atoms in total. The van der Waals surface area contributed by atoms with Crippen LogP contribution in [0.2, 0.25) is 0 Å². The van der Waals surface area contributed by atoms with Crippen molar-refractivity contribution in [2.75, 3.05) is 0 Å². The molecule has 2 rings (SSSR count). The van der Waals surface area contributed by atoms with Crippen molar-refractivity contribution in [1.29, 1.82) is 0 Å². The van der Waals surface area contributed by atoms with Crippen molar-refractivity contribution in [3.63, 3.8) is 0 Å². The van der Waals surface area contributed by atoms with Gasteiger partial charge in [0.05, 0.1) is 0 Å². The van der Waals surface area contributed by atoms with Gasteiger partial charge in [0.1, 0.15) is 11.5 Å². The lowest BCUT2D eigenvalue weighted by Crippen LogP contribution is -2.18. The van der Waals surface area contributed by atoms with Crippen LogP contribution in [-0.2, 0) is 6.42 Å². The van der Waals surface area contributed by atoms with Gasteiger partial charge < -0.3 is 10.5 Å². The van der Waals surface area contributed by atoms with E-state index in [2.05, 4.69) is 22.0 Å². The first-order valence-electron chi connectivity index (χ1n) is 6.34. The molecular weight excluding hydrogens is 302 g/mol. The van der Waals surface area contributed by atoms with Crippen LogP contribution in [0.15, 0.2) is 46.9 Å². The molecule has 0 radical (unpaired) electrons. The molecular formula is C16H18BrNO. The lowest BCUT2D eigenvalue weighted by Gasteiger charge is -2.13. The van der Waals surface area contributed by atoms with Crippen molar-refractivity contribution in [2.45, 2.75) is 26.3 Å². The fourth-order valence-corrected chi connectivity index (χ4v) is 2.17. The maximum atomic E-state index is 5.97. The van der Waals surface area contributed by atoms with Gasteiger partial charge in [-0.15, -0.1) is 0 Å². The van der Waals surface area contributed by atoms with E-state index in [4.69, 9.17) is 10.5 Å². The summed E-state index contributed by atoms with van der Waals surface area (Å²) in [6.45, 7) is 4.05. The van der Waals surface area contributed by atoms with Crippen molar-refractivity contribution in [3.8, 4) is 11.5 Å². The van der Waals surface area contributed by atoms with E-state index in [1.165, 1.54) is 0 Å². The van der Waals surface area contributed by atoms with Crippen LogP contribution in [0, 0.1) is 6.92 Å². The molecule has 2 N–H and O–H groups in total. The van der Waals surface area contributed by atoms with Gasteiger partial charge in [0.2, 0.25) is 0 Å². The smallest absolute Gasteiger partial charge is 0.130 e. The van der Waals surface area contributed by atoms with E-state index < -0.39 is 0 Å². The van der Waals surface area contributed by atoms with E-state index >= 15 is 0 Å². The summed E-state index contributed by atoms with van der Waals surface area (Å²) in [5.74, 6) is 1.72. The average molecular weight is 320 g/mol. The van der Waals surface area contributed by atoms with E-state index in [0.29, 0.717) is 0 Å². The molecule has 2 aromatic carbocycles. The van der Waals surface area contributed by atoms with Gasteiger partial charge in [-0.25, -0.2) is 0 Å². The van der Waals surface area contributed by atoms with Crippen LogP contribution in [0.3, 0.4) is 0 Å². The molecule has 0 fully saturated rings. The quantitative estimate of drug-likeness (QED) is 0.904. The summed E-state index contributed by atoms with van der Waals surface area (Å²) in [6.07, 6.45) is 0.811. The van der Waals surface area contributed by atoms with Gasteiger partial charge in [0.15, 0.2) is 0 Å². The van der Waals surface area contributed by atoms with Gasteiger partial charge >= 0.3 is 0 Å². The Morgan fingerprint density at radius 3 is 2.63 bits per heavy atom. The Bertz CT molecular complexity index is 566. The minimum absolute atomic E-state index is 0.122. The van der Waals surface area contributed by atoms with Crippen molar-refractivity contribution in [2.24, 2.45) is 5.73 Å². The molecule has 0 aromatic heterocycles. The highest BCUT2D eigenvalue weighted by Gasteiger charge is 2.07. The molecule has 2 aromatic rings. The van der Waals surface area contributed by atoms with Gasteiger partial charge in [-0.05, 0) is 55.7 Å². The minimum Gasteiger partial charge on any atom is -0.457 e. The fraction of sp³-hybridized carbons (Fsp3) is 0.250. The fourth-order valence-electron chi connectivity index (χ4n) is 1.93. The molecule has 0 saturated heterocycles. The Hall–Kier alpha value is -1.32. The number of aryl methyl sites for hydroxylation is 1. The first-order valence-corrected chi connectivity index (χ1v) is 7.13. The van der Waals surface area contributed by atoms with Crippen molar-refractivity contribution in [3.05, 3.63) is 58.1 Å². The second kappa shape index (κ2) is 6.22. The molecule has 0 bridgehead atoms. The Morgan fingerprint density at radius 1 is 1.21 bits per heavy atom. The average Bonchev–Trinajstić information content (AvgIpc) is 2.36. The molecule has 0 heterocycles. The molecule has 0 amide bonds. The first kappa shape index (κ1) is 14.1. The normalized spacial score (nSPS) is 12.2. The molecule has 0 saturated carbocycles. The lowest BCUT2D eigenvalue weighted by atomic mass is 10.1. The number of hydrogen-bond donors (Lipinski definition) is 1. The van der Waals surface area contributed by atoms with Crippen LogP contribution in [0.4, 0.5) is 0 Å². The maximum Gasteiger partial charge on any atom is 0.130 e. The largest absolute Gasteiger partial charge is 0.457 e. The Labute approximate surface area is 122 Å². The molecule has 19 heavy (non-hydrogen) atoms. The number of benzene rings is 2. The van der Waals surface area contributed by atoms with Gasteiger partial charge in [-0.3, -0.25) is 0 Å². The molecule has 0 aliphatic heterocycles. The molecule has 3 heteroatoms. The third-order valence-electron chi connectivity index (χ3n) is 2.87. The SMILES string of the molecule is Cc1cc(Oc2ccccc2CC(C)N)ccc1Br. The molecule has 1 unspecified atom stereocenters. The van der Waals surface area contributed by atoms with Crippen LogP contribution < -0.4 is 10.5 Å². The zero-order valence-corrected chi connectivity index (χ0v) is 12.8. The maximum absolute atomic E-state index is 5.97. The van der Waals surface area contributed by atoms with E-state index in [9.17, 15) is 0 Å². The van der Waals surface area contributed by atoms with Gasteiger partial charge in [0, 0.05) is 10.5 Å². The summed E-state index contributed by atoms with van der Waals surface area (Å²) in [5.41, 5.74) is 8.16. The minimum atomic E-state index is 0.122. The predicted molar refractivity (Wildman–Crippen MR) is 82.7 cm³/mol. The van der Waals surface area contributed by atoms with Gasteiger partial charge in [-0.2, -0.15) is 0 Å². The van der Waals surface area contributed by atoms with Crippen LogP contribution in [0.25, 0.3) is 0 Å². The molecule has 1 atom stereocenters. The lowest BCUT2D eigenvalue weighted by molar-refractivity contribution is 0.473. The number of hydrogen-bond acceptors (Lipinski definition) is 2. The zero-order valence-electron chi connectivity index (χ0n) is 11.2. The Kier molecular flexibility index (Phi) is 4.61. The van der Waals surface area contributed by atoms with E-state index in [0.717, 1.165) is 33.5 Å². The highest BCUT2D eigenvalue weighted by molar-refractivity contribution is 9.10. The van der Waals surface area contributed by atoms with Gasteiger partial charge in [-0.1, -0.05) is 34.1 Å². The number of para-hydroxylation sites is 1. The number of ether oxygens (including phenoxy) is 1. The van der Waals surface area contributed by atoms with Crippen molar-refractivity contribution >= 4 is 15.9 Å². The summed E-state index contributed by atoms with van der Waals surface area (Å²) in [4.78, 5) is 0. The predicted octanol–water partition coefficient (Wildman–Crippen LogP) is 4.44. The molecule has 0 aliphatic rings. The standard InChI is InChI=1S/C16H18BrNO/c1-11-9-14(7-8-15(11)17)19-16-6-4-3-5-13(16)10-12(2)18/h3-9,12H,10,18H2,1-2H3. The first-order chi connectivity index (χ1) is 9.06. The summed E-state index contributed by atoms with van der Waals surface area (Å²) in [7, 11) is 0. The summed E-state index contributed by atoms with van der Waals surface area (Å²) in [5, 5.41) is 0. The summed E-state index contributed by atoms with van der Waals surface area (Å²) < 4.78 is 7.06. The third-order valence-corrected chi connectivity index (χ3v) is 3.76. The number of halogens is 1. The Balaban J connectivity index is 2.25. The summed E-state index contributed by atoms with van der Waals surface area (Å²) >= 11 is 3.49. The van der Waals surface area contributed by atoms with Crippen LogP contribution in [0.1, 0.15) is 18.1 Å². The van der Waals surface area contributed by atoms with Crippen LogP contribution >= 0.6 is 15.9 Å². The monoisotopic (exact) mass is 319 g/mol. The van der Waals surface area contributed by atoms with E-state index in [-0.39, 0.29) is 6.04 Å². The topological polar surface area (TPSA) is 35.2 Å². The molecule has 0 aliphatic carbocycles. The molecule has 0 spiro atoms. The van der Waals surface area contributed by atoms with Gasteiger partial charge in [0.25, 0.3) is 0 Å². The van der Waals surface area contributed by atoms with Crippen LogP contribution in [-0.4, -0.2) is 6.04 Å².